The van der Waals surface area contributed by atoms with Gasteiger partial charge in [-0.3, -0.25) is 0 Å². The number of carbonyl (C=O) groups is 1. The summed E-state index contributed by atoms with van der Waals surface area (Å²) in [7, 11) is 2.20. The Morgan fingerprint density at radius 1 is 1.27 bits per heavy atom. The molecule has 0 spiro atoms. The Bertz CT molecular complexity index is 829. The number of rotatable bonds is 4. The minimum Gasteiger partial charge on any atom is -0.764 e. The monoisotopic (exact) mass is 433 g/mol. The van der Waals surface area contributed by atoms with Crippen LogP contribution in [0.4, 0.5) is 0 Å². The highest BCUT2D eigenvalue weighted by atomic mass is 32.1. The fourth-order valence-electron chi connectivity index (χ4n) is 3.12. The molecule has 30 heavy (non-hydrogen) atoms. The fraction of sp³-hybridized carbons (Fsp3) is 0.476. The predicted octanol–water partition coefficient (Wildman–Crippen LogP) is 1.04. The van der Waals surface area contributed by atoms with Gasteiger partial charge in [0.1, 0.15) is 18.7 Å². The lowest BCUT2D eigenvalue weighted by molar-refractivity contribution is -0.888. The molecule has 1 saturated heterocycles. The van der Waals surface area contributed by atoms with E-state index in [1.807, 2.05) is 6.07 Å². The minimum absolute atomic E-state index is 0.211. The summed E-state index contributed by atoms with van der Waals surface area (Å²) in [5, 5.41) is 26.9. The summed E-state index contributed by atoms with van der Waals surface area (Å²) < 4.78 is 15.5. The van der Waals surface area contributed by atoms with Crippen LogP contribution in [0.3, 0.4) is 0 Å². The number of aliphatic hydroxyl groups excluding tert-OH is 1. The second-order valence-corrected chi connectivity index (χ2v) is 7.98. The molecule has 2 aliphatic heterocycles. The van der Waals surface area contributed by atoms with Crippen molar-refractivity contribution in [3.05, 3.63) is 47.4 Å². The Balaban J connectivity index is 0.000000386. The van der Waals surface area contributed by atoms with Crippen LogP contribution in [0.25, 0.3) is 0 Å². The van der Waals surface area contributed by atoms with Crippen LogP contribution >= 0.6 is 0 Å². The van der Waals surface area contributed by atoms with E-state index in [0.29, 0.717) is 5.56 Å². The molecule has 0 amide bonds. The van der Waals surface area contributed by atoms with E-state index in [2.05, 4.69) is 7.05 Å². The van der Waals surface area contributed by atoms with Gasteiger partial charge in [0.05, 0.1) is 32.2 Å². The largest absolute Gasteiger partial charge is 0.764 e. The van der Waals surface area contributed by atoms with Gasteiger partial charge in [-0.1, -0.05) is 35.4 Å². The first-order chi connectivity index (χ1) is 14.2. The van der Waals surface area contributed by atoms with Crippen molar-refractivity contribution in [3.63, 3.8) is 0 Å². The molecule has 2 heterocycles. The average molecular weight is 434 g/mol. The van der Waals surface area contributed by atoms with Gasteiger partial charge in [0.25, 0.3) is 11.7 Å². The van der Waals surface area contributed by atoms with Gasteiger partial charge in [-0.05, 0) is 5.56 Å². The molecule has 1 fully saturated rings. The Labute approximate surface area is 181 Å². The maximum absolute atomic E-state index is 12.3. The number of hydrogen-bond donors (Lipinski definition) is 3. The number of esters is 1. The maximum Gasteiger partial charge on any atom is 0.345 e. The number of ether oxygens (including phenoxy) is 3. The summed E-state index contributed by atoms with van der Waals surface area (Å²) >= 11 is 4.83. The van der Waals surface area contributed by atoms with E-state index in [1.54, 1.807) is 35.2 Å². The van der Waals surface area contributed by atoms with Crippen molar-refractivity contribution in [3.8, 4) is 6.07 Å². The molecule has 3 rings (SSSR count). The number of cyclic esters (lactones) is 1. The van der Waals surface area contributed by atoms with Crippen molar-refractivity contribution >= 4 is 23.6 Å². The number of nitrogens with zero attached hydrogens (tertiary/aromatic N) is 1. The SMILES string of the molecule is CC1(C)OC(=O)C(C(c2ccccc2)C(C#N)C(=N)[S-])=C(O)O1.C[NH+]1CCOCC1. The summed E-state index contributed by atoms with van der Waals surface area (Å²) in [6.07, 6.45) is 0. The first-order valence-corrected chi connectivity index (χ1v) is 10.0. The third-order valence-corrected chi connectivity index (χ3v) is 4.96. The Morgan fingerprint density at radius 2 is 1.87 bits per heavy atom. The molecule has 2 unspecified atom stereocenters. The second kappa shape index (κ2) is 10.4. The van der Waals surface area contributed by atoms with Crippen LogP contribution in [0.2, 0.25) is 0 Å². The molecule has 1 aromatic rings. The van der Waals surface area contributed by atoms with Crippen LogP contribution < -0.4 is 4.90 Å². The second-order valence-electron chi connectivity index (χ2n) is 7.54. The Kier molecular flexibility index (Phi) is 8.17. The average Bonchev–Trinajstić information content (AvgIpc) is 2.67. The van der Waals surface area contributed by atoms with Crippen molar-refractivity contribution in [1.82, 2.24) is 0 Å². The molecule has 0 aromatic heterocycles. The lowest BCUT2D eigenvalue weighted by Crippen LogP contribution is -3.11. The normalized spacial score (nSPS) is 20.5. The van der Waals surface area contributed by atoms with Gasteiger partial charge in [0.2, 0.25) is 0 Å². The molecule has 2 aliphatic rings. The lowest BCUT2D eigenvalue weighted by Gasteiger charge is -2.35. The zero-order valence-corrected chi connectivity index (χ0v) is 18.1. The molecule has 0 aliphatic carbocycles. The van der Waals surface area contributed by atoms with E-state index in [1.165, 1.54) is 26.9 Å². The van der Waals surface area contributed by atoms with E-state index in [4.69, 9.17) is 32.2 Å². The molecule has 8 nitrogen and oxygen atoms in total. The van der Waals surface area contributed by atoms with Crippen LogP contribution in [-0.2, 0) is 31.6 Å². The Morgan fingerprint density at radius 3 is 2.30 bits per heavy atom. The molecule has 0 saturated carbocycles. The van der Waals surface area contributed by atoms with E-state index in [0.717, 1.165) is 13.2 Å². The fourth-order valence-corrected chi connectivity index (χ4v) is 3.31. The van der Waals surface area contributed by atoms with Crippen molar-refractivity contribution in [1.29, 1.82) is 10.7 Å². The molecule has 162 valence electrons. The molecule has 0 radical (unpaired) electrons. The van der Waals surface area contributed by atoms with E-state index >= 15 is 0 Å². The van der Waals surface area contributed by atoms with Gasteiger partial charge < -0.3 is 42.3 Å². The van der Waals surface area contributed by atoms with Crippen LogP contribution in [0.15, 0.2) is 41.9 Å². The van der Waals surface area contributed by atoms with Gasteiger partial charge >= 0.3 is 5.97 Å². The highest BCUT2D eigenvalue weighted by Gasteiger charge is 2.42. The molecule has 9 heteroatoms. The summed E-state index contributed by atoms with van der Waals surface area (Å²) in [5.74, 6) is -4.78. The number of hydrogen-bond acceptors (Lipinski definition) is 8. The predicted molar refractivity (Wildman–Crippen MR) is 112 cm³/mol. The first kappa shape index (κ1) is 23.6. The van der Waals surface area contributed by atoms with Gasteiger partial charge in [-0.2, -0.15) is 5.26 Å². The van der Waals surface area contributed by atoms with Gasteiger partial charge in [-0.25, -0.2) is 4.79 Å². The zero-order chi connectivity index (χ0) is 22.3. The quantitative estimate of drug-likeness (QED) is 0.281. The van der Waals surface area contributed by atoms with Gasteiger partial charge in [0.15, 0.2) is 0 Å². The summed E-state index contributed by atoms with van der Waals surface area (Å²) in [6, 6.07) is 10.5. The first-order valence-electron chi connectivity index (χ1n) is 9.61. The summed E-state index contributed by atoms with van der Waals surface area (Å²) in [5.41, 5.74) is 0.340. The molecule has 1 aromatic carbocycles. The lowest BCUT2D eigenvalue weighted by atomic mass is 9.81. The van der Waals surface area contributed by atoms with Crippen LogP contribution in [0.1, 0.15) is 25.3 Å². The molecule has 2 atom stereocenters. The number of likely N-dealkylation sites (N-methyl/N-ethyl adjacent to an activating group) is 1. The van der Waals surface area contributed by atoms with Crippen LogP contribution in [0.5, 0.6) is 0 Å². The van der Waals surface area contributed by atoms with Crippen LogP contribution in [0, 0.1) is 22.7 Å². The minimum atomic E-state index is -1.31. The molecular weight excluding hydrogens is 406 g/mol. The van der Waals surface area contributed by atoms with Crippen molar-refractivity contribution in [2.45, 2.75) is 25.6 Å². The highest BCUT2D eigenvalue weighted by Crippen LogP contribution is 2.38. The number of aliphatic hydroxyl groups is 1. The van der Waals surface area contributed by atoms with Crippen molar-refractivity contribution in [2.24, 2.45) is 5.92 Å². The number of carbonyl (C=O) groups excluding carboxylic acids is 1. The third-order valence-electron chi connectivity index (χ3n) is 4.70. The number of nitriles is 1. The van der Waals surface area contributed by atoms with Gasteiger partial charge in [0, 0.05) is 19.8 Å². The topological polar surface area (TPSA) is 117 Å². The summed E-state index contributed by atoms with van der Waals surface area (Å²) in [6.45, 7) is 7.22. The number of quaternary nitrogens is 1. The maximum atomic E-state index is 12.3. The summed E-state index contributed by atoms with van der Waals surface area (Å²) in [4.78, 5) is 13.9. The molecule has 0 bridgehead atoms. The van der Waals surface area contributed by atoms with E-state index in [-0.39, 0.29) is 10.6 Å². The number of nitrogens with one attached hydrogen (secondary N) is 2. The number of benzene rings is 1. The zero-order valence-electron chi connectivity index (χ0n) is 17.3. The molecule has 3 N–H and O–H groups in total. The van der Waals surface area contributed by atoms with E-state index < -0.39 is 29.5 Å². The third kappa shape index (κ3) is 6.16. The standard InChI is InChI=1S/C16H16N2O4S.C5H11NO/c1-16(2)21-14(19)12(15(20)22-16)11(10(8-17)13(18)23)9-6-4-3-5-7-9;1-6-2-4-7-5-3-6/h3-7,10-11,19H,1-2H3,(H2,18,23);2-5H2,1H3. The highest BCUT2D eigenvalue weighted by molar-refractivity contribution is 7.77. The number of morpholine rings is 1. The van der Waals surface area contributed by atoms with Crippen molar-refractivity contribution in [2.75, 3.05) is 33.4 Å². The van der Waals surface area contributed by atoms with Gasteiger partial charge in [-0.15, -0.1) is 0 Å². The van der Waals surface area contributed by atoms with Crippen LogP contribution in [-0.4, -0.2) is 55.3 Å². The van der Waals surface area contributed by atoms with Crippen molar-refractivity contribution < 1.29 is 29.0 Å². The van der Waals surface area contributed by atoms with E-state index in [9.17, 15) is 15.2 Å². The molecular formula is C21H27N3O5S. The smallest absolute Gasteiger partial charge is 0.345 e. The Hall–Kier alpha value is -2.67.